The Morgan fingerprint density at radius 2 is 2.19 bits per heavy atom. The molecule has 16 heavy (non-hydrogen) atoms. The van der Waals surface area contributed by atoms with Crippen molar-refractivity contribution in [2.45, 2.75) is 6.04 Å². The summed E-state index contributed by atoms with van der Waals surface area (Å²) in [5.74, 6) is -0.859. The van der Waals surface area contributed by atoms with Crippen molar-refractivity contribution in [1.29, 1.82) is 0 Å². The molecule has 0 saturated carbocycles. The molecule has 0 N–H and O–H groups in total. The van der Waals surface area contributed by atoms with E-state index in [-0.39, 0.29) is 6.04 Å². The molecule has 0 aromatic rings. The first kappa shape index (κ1) is 11.1. The van der Waals surface area contributed by atoms with Crippen molar-refractivity contribution in [3.63, 3.8) is 0 Å². The van der Waals surface area contributed by atoms with Gasteiger partial charge >= 0.3 is 0 Å². The lowest BCUT2D eigenvalue weighted by molar-refractivity contribution is -0.352. The number of nitrogens with zero attached hydrogens (tertiary/aromatic N) is 3. The summed E-state index contributed by atoms with van der Waals surface area (Å²) >= 11 is -1.64. The van der Waals surface area contributed by atoms with Crippen LogP contribution in [0.1, 0.15) is 0 Å². The minimum absolute atomic E-state index is 0.301. The Bertz CT molecular complexity index is 406. The van der Waals surface area contributed by atoms with E-state index in [0.29, 0.717) is 5.17 Å². The molecule has 0 spiro atoms. The number of rotatable bonds is 3. The van der Waals surface area contributed by atoms with Crippen LogP contribution >= 0.6 is 0 Å². The molecule has 2 aliphatic rings. The van der Waals surface area contributed by atoms with Gasteiger partial charge in [-0.25, -0.2) is 4.21 Å². The second-order valence-corrected chi connectivity index (χ2v) is 4.09. The zero-order valence-corrected chi connectivity index (χ0v) is 9.16. The van der Waals surface area contributed by atoms with Crippen LogP contribution in [-0.2, 0) is 25.2 Å². The van der Waals surface area contributed by atoms with E-state index in [9.17, 15) is 9.00 Å². The van der Waals surface area contributed by atoms with Crippen LogP contribution in [0.15, 0.2) is 34.6 Å². The Morgan fingerprint density at radius 1 is 1.44 bits per heavy atom. The molecule has 8 heteroatoms. The van der Waals surface area contributed by atoms with Crippen molar-refractivity contribution in [1.82, 2.24) is 5.17 Å². The molecule has 0 aromatic carbocycles. The van der Waals surface area contributed by atoms with Crippen LogP contribution in [-0.4, -0.2) is 27.6 Å². The van der Waals surface area contributed by atoms with E-state index < -0.39 is 22.9 Å². The molecular weight excluding hydrogens is 234 g/mol. The molecule has 0 radical (unpaired) electrons. The third-order valence-electron chi connectivity index (χ3n) is 2.04. The maximum atomic E-state index is 11.8. The summed E-state index contributed by atoms with van der Waals surface area (Å²) in [5.41, 5.74) is 0. The molecule has 3 atom stereocenters. The summed E-state index contributed by atoms with van der Waals surface area (Å²) in [5, 5.41) is 7.95. The minimum Gasteiger partial charge on any atom is -0.269 e. The molecule has 1 amide bonds. The molecule has 1 heterocycles. The van der Waals surface area contributed by atoms with Gasteiger partial charge in [0.15, 0.2) is 11.1 Å². The molecule has 0 saturated heterocycles. The predicted molar refractivity (Wildman–Crippen MR) is 53.5 cm³/mol. The molecule has 3 unspecified atom stereocenters. The number of allylic oxidation sites excluding steroid dienone is 2. The number of hydrogen-bond donors (Lipinski definition) is 0. The van der Waals surface area contributed by atoms with Gasteiger partial charge in [-0.2, -0.15) is 5.11 Å². The van der Waals surface area contributed by atoms with Gasteiger partial charge in [0, 0.05) is 6.26 Å². The topological polar surface area (TPSA) is 80.6 Å². The lowest BCUT2D eigenvalue weighted by Gasteiger charge is -2.25. The SMILES string of the molecule is CS(=O)OON1N=NC2C=CC=CC2C1=O. The summed E-state index contributed by atoms with van der Waals surface area (Å²) in [4.78, 5) is 16.2. The predicted octanol–water partition coefficient (Wildman–Crippen LogP) is 0.463. The van der Waals surface area contributed by atoms with Crippen LogP contribution < -0.4 is 0 Å². The molecule has 2 rings (SSSR count). The maximum absolute atomic E-state index is 11.8. The standard InChI is InChI=1S/C8H9N3O4S/c1-16(13)15-14-11-8(12)6-4-2-3-5-7(6)9-10-11/h2-7H,1H3. The molecule has 1 aliphatic heterocycles. The summed E-state index contributed by atoms with van der Waals surface area (Å²) < 4.78 is 14.9. The van der Waals surface area contributed by atoms with Gasteiger partial charge in [0.1, 0.15) is 6.04 Å². The fraction of sp³-hybridized carbons (Fsp3) is 0.375. The summed E-state index contributed by atoms with van der Waals surface area (Å²) in [6.07, 6.45) is 8.27. The lowest BCUT2D eigenvalue weighted by Crippen LogP contribution is -2.40. The summed E-state index contributed by atoms with van der Waals surface area (Å²) in [7, 11) is 0. The number of hydrogen-bond acceptors (Lipinski definition) is 6. The minimum atomic E-state index is -1.64. The number of hydroxylamine groups is 1. The first-order chi connectivity index (χ1) is 7.68. The molecule has 86 valence electrons. The van der Waals surface area contributed by atoms with Crippen molar-refractivity contribution in [3.8, 4) is 0 Å². The lowest BCUT2D eigenvalue weighted by atomic mass is 9.95. The Balaban J connectivity index is 2.07. The highest BCUT2D eigenvalue weighted by Crippen LogP contribution is 2.24. The normalized spacial score (nSPS) is 29.3. The first-order valence-corrected chi connectivity index (χ1v) is 5.95. The van der Waals surface area contributed by atoms with E-state index in [1.54, 1.807) is 24.3 Å². The highest BCUT2D eigenvalue weighted by atomic mass is 32.2. The molecular formula is C8H9N3O4S. The van der Waals surface area contributed by atoms with Crippen molar-refractivity contribution in [2.75, 3.05) is 6.26 Å². The Hall–Kier alpha value is -1.38. The smallest absolute Gasteiger partial charge is 0.269 e. The molecule has 0 fully saturated rings. The van der Waals surface area contributed by atoms with Crippen molar-refractivity contribution < 1.29 is 18.3 Å². The Morgan fingerprint density at radius 3 is 2.94 bits per heavy atom. The van der Waals surface area contributed by atoms with Crippen molar-refractivity contribution in [2.24, 2.45) is 16.3 Å². The van der Waals surface area contributed by atoms with Crippen LogP contribution in [0.2, 0.25) is 0 Å². The largest absolute Gasteiger partial charge is 0.283 e. The molecule has 1 aliphatic carbocycles. The first-order valence-electron chi connectivity index (χ1n) is 4.47. The highest BCUT2D eigenvalue weighted by molar-refractivity contribution is 7.79. The van der Waals surface area contributed by atoms with Crippen LogP contribution in [0.3, 0.4) is 0 Å². The van der Waals surface area contributed by atoms with Gasteiger partial charge in [-0.1, -0.05) is 29.3 Å². The fourth-order valence-corrected chi connectivity index (χ4v) is 1.48. The maximum Gasteiger partial charge on any atom is 0.283 e. The number of fused-ring (bicyclic) bond motifs is 1. The zero-order chi connectivity index (χ0) is 11.5. The number of carbonyl (C=O) groups is 1. The summed E-state index contributed by atoms with van der Waals surface area (Å²) in [6.45, 7) is 0. The molecule has 7 nitrogen and oxygen atoms in total. The van der Waals surface area contributed by atoms with Gasteiger partial charge in [-0.15, -0.1) is 4.33 Å². The van der Waals surface area contributed by atoms with E-state index in [4.69, 9.17) is 0 Å². The average Bonchev–Trinajstić information content (AvgIpc) is 2.28. The fourth-order valence-electron chi connectivity index (χ4n) is 1.34. The van der Waals surface area contributed by atoms with Gasteiger partial charge in [-0.05, 0) is 10.4 Å². The van der Waals surface area contributed by atoms with E-state index in [1.807, 2.05) is 0 Å². The number of carbonyl (C=O) groups excluding carboxylic acids is 1. The van der Waals surface area contributed by atoms with Gasteiger partial charge in [0.25, 0.3) is 5.91 Å². The highest BCUT2D eigenvalue weighted by Gasteiger charge is 2.35. The molecule has 0 aromatic heterocycles. The quantitative estimate of drug-likeness (QED) is 0.533. The zero-order valence-electron chi connectivity index (χ0n) is 8.35. The monoisotopic (exact) mass is 243 g/mol. The van der Waals surface area contributed by atoms with E-state index >= 15 is 0 Å². The van der Waals surface area contributed by atoms with Gasteiger partial charge < -0.3 is 0 Å². The van der Waals surface area contributed by atoms with Crippen LogP contribution in [0.4, 0.5) is 0 Å². The van der Waals surface area contributed by atoms with E-state index in [2.05, 4.69) is 19.7 Å². The van der Waals surface area contributed by atoms with Crippen molar-refractivity contribution in [3.05, 3.63) is 24.3 Å². The third-order valence-corrected chi connectivity index (χ3v) is 2.30. The van der Waals surface area contributed by atoms with E-state index in [0.717, 1.165) is 0 Å². The molecule has 0 bridgehead atoms. The average molecular weight is 243 g/mol. The Kier molecular flexibility index (Phi) is 3.22. The van der Waals surface area contributed by atoms with Crippen LogP contribution in [0.5, 0.6) is 0 Å². The van der Waals surface area contributed by atoms with Gasteiger partial charge in [0.2, 0.25) is 0 Å². The van der Waals surface area contributed by atoms with Crippen LogP contribution in [0.25, 0.3) is 0 Å². The van der Waals surface area contributed by atoms with Gasteiger partial charge in [0.05, 0.1) is 5.92 Å². The second-order valence-electron chi connectivity index (χ2n) is 3.15. The van der Waals surface area contributed by atoms with E-state index in [1.165, 1.54) is 6.26 Å². The number of amides is 1. The third kappa shape index (κ3) is 2.23. The summed E-state index contributed by atoms with van der Waals surface area (Å²) in [6, 6.07) is -0.301. The van der Waals surface area contributed by atoms with Crippen molar-refractivity contribution >= 4 is 17.0 Å². The van der Waals surface area contributed by atoms with Crippen LogP contribution in [0, 0.1) is 5.92 Å². The van der Waals surface area contributed by atoms with Gasteiger partial charge in [-0.3, -0.25) is 4.79 Å². The Labute approximate surface area is 93.9 Å². The second kappa shape index (κ2) is 4.64.